The van der Waals surface area contributed by atoms with Crippen molar-refractivity contribution in [1.29, 1.82) is 0 Å². The van der Waals surface area contributed by atoms with Crippen molar-refractivity contribution >= 4 is 0 Å². The third kappa shape index (κ3) is 5.67. The van der Waals surface area contributed by atoms with Crippen LogP contribution in [-0.2, 0) is 6.42 Å². The van der Waals surface area contributed by atoms with Crippen LogP contribution >= 0.6 is 0 Å². The van der Waals surface area contributed by atoms with Gasteiger partial charge in [-0.3, -0.25) is 4.98 Å². The Balaban J connectivity index is 1.93. The molecule has 0 aliphatic heterocycles. The molecule has 0 fully saturated rings. The molecule has 0 aliphatic rings. The zero-order valence-electron chi connectivity index (χ0n) is 15.4. The minimum atomic E-state index is 0.354. The molecule has 1 heterocycles. The van der Waals surface area contributed by atoms with E-state index in [0.29, 0.717) is 5.92 Å². The molecule has 0 amide bonds. The maximum Gasteiger partial charge on any atom is 0.119 e. The van der Waals surface area contributed by atoms with Gasteiger partial charge in [-0.2, -0.15) is 0 Å². The quantitative estimate of drug-likeness (QED) is 0.489. The summed E-state index contributed by atoms with van der Waals surface area (Å²) in [5, 5.41) is 0. The van der Waals surface area contributed by atoms with Crippen molar-refractivity contribution < 1.29 is 4.74 Å². The molecule has 0 bridgehead atoms. The second-order valence-electron chi connectivity index (χ2n) is 6.53. The van der Waals surface area contributed by atoms with Gasteiger partial charge in [-0.1, -0.05) is 58.2 Å². The number of benzene rings is 1. The second kappa shape index (κ2) is 10.1. The molecule has 2 aromatic rings. The molecule has 1 atom stereocenters. The largest absolute Gasteiger partial charge is 0.494 e. The van der Waals surface area contributed by atoms with Gasteiger partial charge in [0.2, 0.25) is 0 Å². The van der Waals surface area contributed by atoms with Crippen LogP contribution in [-0.4, -0.2) is 11.6 Å². The number of nitrogens with zero attached hydrogens (tertiary/aromatic N) is 1. The van der Waals surface area contributed by atoms with Crippen LogP contribution in [0.4, 0.5) is 0 Å². The number of aryl methyl sites for hydroxylation is 1. The average Bonchev–Trinajstić information content (AvgIpc) is 2.63. The van der Waals surface area contributed by atoms with E-state index in [1.807, 2.05) is 6.20 Å². The Morgan fingerprint density at radius 3 is 2.21 bits per heavy atom. The predicted molar refractivity (Wildman–Crippen MR) is 102 cm³/mol. The first-order valence-corrected chi connectivity index (χ1v) is 9.42. The Bertz CT molecular complexity index is 520. The third-order valence-electron chi connectivity index (χ3n) is 4.53. The van der Waals surface area contributed by atoms with Crippen LogP contribution in [0, 0.1) is 0 Å². The highest BCUT2D eigenvalue weighted by Gasteiger charge is 2.09. The SMILES string of the molecule is CCCCCc1ccc(C(C)c2ccc(OCCCC)cc2)cn1. The number of ether oxygens (including phenoxy) is 1. The van der Waals surface area contributed by atoms with Gasteiger partial charge in [0.15, 0.2) is 0 Å². The summed E-state index contributed by atoms with van der Waals surface area (Å²) in [6, 6.07) is 12.9. The normalized spacial score (nSPS) is 12.1. The lowest BCUT2D eigenvalue weighted by atomic mass is 9.94. The molecule has 0 spiro atoms. The fourth-order valence-corrected chi connectivity index (χ4v) is 2.78. The first-order chi connectivity index (χ1) is 11.7. The van der Waals surface area contributed by atoms with Gasteiger partial charge in [-0.15, -0.1) is 0 Å². The number of aromatic nitrogens is 1. The number of unbranched alkanes of at least 4 members (excludes halogenated alkanes) is 3. The Labute approximate surface area is 147 Å². The van der Waals surface area contributed by atoms with E-state index in [1.165, 1.54) is 36.1 Å². The minimum Gasteiger partial charge on any atom is -0.494 e. The first-order valence-electron chi connectivity index (χ1n) is 9.42. The van der Waals surface area contributed by atoms with Crippen molar-refractivity contribution in [2.45, 2.75) is 65.2 Å². The average molecular weight is 325 g/mol. The van der Waals surface area contributed by atoms with E-state index in [2.05, 4.69) is 62.2 Å². The van der Waals surface area contributed by atoms with Gasteiger partial charge in [0.25, 0.3) is 0 Å². The maximum atomic E-state index is 5.74. The van der Waals surface area contributed by atoms with E-state index in [9.17, 15) is 0 Å². The summed E-state index contributed by atoms with van der Waals surface area (Å²) < 4.78 is 5.74. The van der Waals surface area contributed by atoms with Gasteiger partial charge in [0.05, 0.1) is 6.61 Å². The molecule has 2 rings (SSSR count). The lowest BCUT2D eigenvalue weighted by molar-refractivity contribution is 0.309. The van der Waals surface area contributed by atoms with E-state index in [1.54, 1.807) is 0 Å². The van der Waals surface area contributed by atoms with Crippen LogP contribution in [0.25, 0.3) is 0 Å². The van der Waals surface area contributed by atoms with Gasteiger partial charge in [0.1, 0.15) is 5.75 Å². The highest BCUT2D eigenvalue weighted by molar-refractivity contribution is 5.34. The molecule has 130 valence electrons. The van der Waals surface area contributed by atoms with Crippen molar-refractivity contribution in [2.24, 2.45) is 0 Å². The van der Waals surface area contributed by atoms with Gasteiger partial charge in [-0.05, 0) is 48.6 Å². The van der Waals surface area contributed by atoms with Crippen molar-refractivity contribution in [3.8, 4) is 5.75 Å². The molecule has 2 heteroatoms. The van der Waals surface area contributed by atoms with Crippen LogP contribution < -0.4 is 4.74 Å². The van der Waals surface area contributed by atoms with E-state index >= 15 is 0 Å². The highest BCUT2D eigenvalue weighted by atomic mass is 16.5. The zero-order chi connectivity index (χ0) is 17.2. The third-order valence-corrected chi connectivity index (χ3v) is 4.53. The lowest BCUT2D eigenvalue weighted by Crippen LogP contribution is -2.00. The number of hydrogen-bond donors (Lipinski definition) is 0. The predicted octanol–water partition coefficient (Wildman–Crippen LogP) is 6.15. The highest BCUT2D eigenvalue weighted by Crippen LogP contribution is 2.25. The molecule has 0 aliphatic carbocycles. The Morgan fingerprint density at radius 2 is 1.58 bits per heavy atom. The number of rotatable bonds is 10. The van der Waals surface area contributed by atoms with Crippen molar-refractivity contribution in [2.75, 3.05) is 6.61 Å². The standard InChI is InChI=1S/C22H31NO/c1-4-6-8-9-21-13-10-20(17-23-21)18(3)19-11-14-22(15-12-19)24-16-7-5-2/h10-15,17-18H,4-9,16H2,1-3H3. The van der Waals surface area contributed by atoms with Gasteiger partial charge < -0.3 is 4.74 Å². The number of hydrogen-bond acceptors (Lipinski definition) is 2. The van der Waals surface area contributed by atoms with Crippen molar-refractivity contribution in [3.05, 3.63) is 59.4 Å². The summed E-state index contributed by atoms with van der Waals surface area (Å²) in [6.45, 7) is 7.45. The van der Waals surface area contributed by atoms with Crippen LogP contribution in [0.5, 0.6) is 5.75 Å². The van der Waals surface area contributed by atoms with Crippen LogP contribution in [0.2, 0.25) is 0 Å². The summed E-state index contributed by atoms with van der Waals surface area (Å²) in [6.07, 6.45) is 9.17. The van der Waals surface area contributed by atoms with Crippen LogP contribution in [0.15, 0.2) is 42.6 Å². The Hall–Kier alpha value is -1.83. The fourth-order valence-electron chi connectivity index (χ4n) is 2.78. The summed E-state index contributed by atoms with van der Waals surface area (Å²) in [5.41, 5.74) is 3.78. The van der Waals surface area contributed by atoms with Crippen LogP contribution in [0.1, 0.15) is 75.6 Å². The minimum absolute atomic E-state index is 0.354. The smallest absolute Gasteiger partial charge is 0.119 e. The van der Waals surface area contributed by atoms with Crippen LogP contribution in [0.3, 0.4) is 0 Å². The molecule has 1 aromatic carbocycles. The first kappa shape index (κ1) is 18.5. The monoisotopic (exact) mass is 325 g/mol. The van der Waals surface area contributed by atoms with Crippen molar-refractivity contribution in [1.82, 2.24) is 4.98 Å². The zero-order valence-corrected chi connectivity index (χ0v) is 15.4. The molecular weight excluding hydrogens is 294 g/mol. The molecule has 1 unspecified atom stereocenters. The maximum absolute atomic E-state index is 5.74. The van der Waals surface area contributed by atoms with E-state index in [0.717, 1.165) is 31.6 Å². The Morgan fingerprint density at radius 1 is 0.875 bits per heavy atom. The Kier molecular flexibility index (Phi) is 7.81. The summed E-state index contributed by atoms with van der Waals surface area (Å²) in [5.74, 6) is 1.32. The van der Waals surface area contributed by atoms with Gasteiger partial charge in [-0.25, -0.2) is 0 Å². The van der Waals surface area contributed by atoms with E-state index < -0.39 is 0 Å². The summed E-state index contributed by atoms with van der Waals surface area (Å²) in [4.78, 5) is 4.64. The molecule has 1 aromatic heterocycles. The van der Waals surface area contributed by atoms with Crippen molar-refractivity contribution in [3.63, 3.8) is 0 Å². The number of pyridine rings is 1. The fraction of sp³-hybridized carbons (Fsp3) is 0.500. The van der Waals surface area contributed by atoms with Gasteiger partial charge in [0, 0.05) is 17.8 Å². The molecule has 24 heavy (non-hydrogen) atoms. The second-order valence-corrected chi connectivity index (χ2v) is 6.53. The molecule has 0 N–H and O–H groups in total. The summed E-state index contributed by atoms with van der Waals surface area (Å²) in [7, 11) is 0. The molecule has 0 saturated carbocycles. The lowest BCUT2D eigenvalue weighted by Gasteiger charge is -2.14. The molecule has 2 nitrogen and oxygen atoms in total. The molecule has 0 radical (unpaired) electrons. The molecule has 0 saturated heterocycles. The topological polar surface area (TPSA) is 22.1 Å². The van der Waals surface area contributed by atoms with E-state index in [-0.39, 0.29) is 0 Å². The van der Waals surface area contributed by atoms with E-state index in [4.69, 9.17) is 4.74 Å². The summed E-state index contributed by atoms with van der Waals surface area (Å²) >= 11 is 0. The van der Waals surface area contributed by atoms with Gasteiger partial charge >= 0.3 is 0 Å². The molecular formula is C22H31NO.